The zero-order valence-corrected chi connectivity index (χ0v) is 16.8. The molecule has 7 nitrogen and oxygen atoms in total. The van der Waals surface area contributed by atoms with Gasteiger partial charge in [0.15, 0.2) is 11.5 Å². The molecule has 9 heteroatoms. The number of hydrogen-bond donors (Lipinski definition) is 0. The maximum absolute atomic E-state index is 6.30. The van der Waals surface area contributed by atoms with Crippen LogP contribution in [0.4, 0.5) is 0 Å². The summed E-state index contributed by atoms with van der Waals surface area (Å²) in [5.74, 6) is 1.60. The molecule has 2 aromatic carbocycles. The molecule has 0 N–H and O–H groups in total. The number of ether oxygens (including phenoxy) is 2. The molecule has 142 valence electrons. The first-order chi connectivity index (χ1) is 13.5. The van der Waals surface area contributed by atoms with Crippen LogP contribution in [0.5, 0.6) is 11.5 Å². The van der Waals surface area contributed by atoms with E-state index in [0.29, 0.717) is 27.5 Å². The van der Waals surface area contributed by atoms with Crippen molar-refractivity contribution in [2.75, 3.05) is 14.2 Å². The van der Waals surface area contributed by atoms with Gasteiger partial charge in [-0.3, -0.25) is 4.57 Å². The summed E-state index contributed by atoms with van der Waals surface area (Å²) in [6.07, 6.45) is 0. The Morgan fingerprint density at radius 2 is 1.71 bits per heavy atom. The normalized spacial score (nSPS) is 11.0. The zero-order valence-electron chi connectivity index (χ0n) is 15.3. The van der Waals surface area contributed by atoms with Crippen molar-refractivity contribution in [2.24, 2.45) is 0 Å². The maximum Gasteiger partial charge on any atom is 0.277 e. The fourth-order valence-electron chi connectivity index (χ4n) is 3.22. The van der Waals surface area contributed by atoms with E-state index < -0.39 is 0 Å². The molecule has 2 aromatic heterocycles. The number of nitrogens with zero attached hydrogens (tertiary/aromatic N) is 5. The van der Waals surface area contributed by atoms with Gasteiger partial charge in [0, 0.05) is 16.6 Å². The van der Waals surface area contributed by atoms with Crippen molar-refractivity contribution < 1.29 is 14.0 Å². The Bertz CT molecular complexity index is 1180. The Balaban J connectivity index is 2.15. The Morgan fingerprint density at radius 3 is 2.36 bits per heavy atom. The smallest absolute Gasteiger partial charge is 0.277 e. The van der Waals surface area contributed by atoms with Crippen LogP contribution in [0.3, 0.4) is 0 Å². The fraction of sp³-hybridized carbons (Fsp3) is 0.158. The first-order valence-electron chi connectivity index (χ1n) is 8.29. The Hall–Kier alpha value is -2.90. The number of rotatable bonds is 4. The first-order valence-corrected chi connectivity index (χ1v) is 9.05. The number of aryl methyl sites for hydroxylation is 1. The lowest BCUT2D eigenvalue weighted by atomic mass is 10.0. The van der Waals surface area contributed by atoms with Gasteiger partial charge < -0.3 is 9.47 Å². The van der Waals surface area contributed by atoms with Crippen molar-refractivity contribution in [3.63, 3.8) is 0 Å². The number of halogens is 2. The highest BCUT2D eigenvalue weighted by Gasteiger charge is 2.19. The highest BCUT2D eigenvalue weighted by Crippen LogP contribution is 2.37. The van der Waals surface area contributed by atoms with Gasteiger partial charge in [0.1, 0.15) is 0 Å². The van der Waals surface area contributed by atoms with E-state index in [4.69, 9.17) is 32.7 Å². The minimum Gasteiger partial charge on any atom is -0.493 e. The molecule has 0 fully saturated rings. The third kappa shape index (κ3) is 3.02. The quantitative estimate of drug-likeness (QED) is 0.474. The van der Waals surface area contributed by atoms with Crippen LogP contribution >= 0.6 is 23.2 Å². The lowest BCUT2D eigenvalue weighted by molar-refractivity contribution is -0.598. The van der Waals surface area contributed by atoms with E-state index in [9.17, 15) is 0 Å². The van der Waals surface area contributed by atoms with Crippen LogP contribution < -0.4 is 19.1 Å². The summed E-state index contributed by atoms with van der Waals surface area (Å²) in [5, 5.41) is 18.1. The summed E-state index contributed by atoms with van der Waals surface area (Å²) in [6.45, 7) is 1.95. The Morgan fingerprint density at radius 1 is 0.964 bits per heavy atom. The predicted octanol–water partition coefficient (Wildman–Crippen LogP) is 3.56. The topological polar surface area (TPSA) is 75.1 Å². The molecule has 0 aliphatic rings. The van der Waals surface area contributed by atoms with Crippen LogP contribution in [-0.2, 0) is 0 Å². The third-order valence-electron chi connectivity index (χ3n) is 4.45. The lowest BCUT2D eigenvalue weighted by Crippen LogP contribution is -2.39. The van der Waals surface area contributed by atoms with Crippen LogP contribution in [0, 0.1) is 6.92 Å². The number of hydrogen-bond acceptors (Lipinski definition) is 5. The van der Waals surface area contributed by atoms with Gasteiger partial charge in [-0.1, -0.05) is 39.5 Å². The van der Waals surface area contributed by atoms with E-state index in [0.717, 1.165) is 27.7 Å². The molecule has 0 aliphatic carbocycles. The van der Waals surface area contributed by atoms with E-state index in [1.807, 2.05) is 35.8 Å². The SMILES string of the molecule is COc1cc2cc(C)[n+](-c3nnn[n-]3)c(-c3ccc(Cl)c(Cl)c3)c2cc1OC. The van der Waals surface area contributed by atoms with Gasteiger partial charge in [0.05, 0.1) is 30.0 Å². The average molecular weight is 416 g/mol. The number of aromatic nitrogens is 5. The molecule has 28 heavy (non-hydrogen) atoms. The van der Waals surface area contributed by atoms with Crippen molar-refractivity contribution in [3.05, 3.63) is 52.1 Å². The van der Waals surface area contributed by atoms with Crippen molar-refractivity contribution in [3.8, 4) is 28.7 Å². The minimum absolute atomic E-state index is 0.357. The largest absolute Gasteiger partial charge is 0.493 e. The molecule has 0 saturated heterocycles. The average Bonchev–Trinajstić information content (AvgIpc) is 3.22. The van der Waals surface area contributed by atoms with Gasteiger partial charge >= 0.3 is 0 Å². The van der Waals surface area contributed by atoms with Gasteiger partial charge in [-0.05, 0) is 53.1 Å². The predicted molar refractivity (Wildman–Crippen MR) is 105 cm³/mol. The molecule has 0 aliphatic heterocycles. The zero-order chi connectivity index (χ0) is 19.8. The Labute approximate surface area is 170 Å². The van der Waals surface area contributed by atoms with Gasteiger partial charge in [0.2, 0.25) is 0 Å². The van der Waals surface area contributed by atoms with Gasteiger partial charge in [-0.25, -0.2) is 0 Å². The van der Waals surface area contributed by atoms with Crippen molar-refractivity contribution in [2.45, 2.75) is 6.92 Å². The summed E-state index contributed by atoms with van der Waals surface area (Å²) >= 11 is 12.4. The van der Waals surface area contributed by atoms with Gasteiger partial charge in [-0.15, -0.1) is 0 Å². The van der Waals surface area contributed by atoms with Crippen LogP contribution in [0.1, 0.15) is 5.69 Å². The summed E-state index contributed by atoms with van der Waals surface area (Å²) in [6, 6.07) is 11.3. The van der Waals surface area contributed by atoms with Crippen molar-refractivity contribution in [1.82, 2.24) is 20.6 Å². The number of tetrazole rings is 1. The van der Waals surface area contributed by atoms with E-state index in [2.05, 4.69) is 20.6 Å². The lowest BCUT2D eigenvalue weighted by Gasteiger charge is -2.19. The monoisotopic (exact) mass is 415 g/mol. The molecule has 0 radical (unpaired) electrons. The number of fused-ring (bicyclic) bond motifs is 1. The molecular weight excluding hydrogens is 401 g/mol. The summed E-state index contributed by atoms with van der Waals surface area (Å²) in [5.41, 5.74) is 2.53. The molecule has 4 aromatic rings. The molecular formula is C19H15Cl2N5O2. The minimum atomic E-state index is 0.357. The molecule has 0 bridgehead atoms. The van der Waals surface area contributed by atoms with Crippen LogP contribution in [0.15, 0.2) is 36.4 Å². The second-order valence-corrected chi connectivity index (χ2v) is 6.89. The van der Waals surface area contributed by atoms with Crippen molar-refractivity contribution in [1.29, 1.82) is 0 Å². The number of benzene rings is 2. The third-order valence-corrected chi connectivity index (χ3v) is 5.19. The second-order valence-electron chi connectivity index (χ2n) is 6.07. The molecule has 0 unspecified atom stereocenters. The molecule has 0 saturated carbocycles. The molecule has 4 rings (SSSR count). The van der Waals surface area contributed by atoms with Gasteiger partial charge in [-0.2, -0.15) is 0 Å². The molecule has 2 heterocycles. The van der Waals surface area contributed by atoms with Crippen LogP contribution in [0.2, 0.25) is 10.0 Å². The number of pyridine rings is 1. The van der Waals surface area contributed by atoms with Crippen LogP contribution in [-0.4, -0.2) is 29.7 Å². The second kappa shape index (κ2) is 7.26. The summed E-state index contributed by atoms with van der Waals surface area (Å²) in [7, 11) is 3.20. The van der Waals surface area contributed by atoms with E-state index in [1.165, 1.54) is 0 Å². The van der Waals surface area contributed by atoms with Crippen LogP contribution in [0.25, 0.3) is 28.0 Å². The highest BCUT2D eigenvalue weighted by atomic mass is 35.5. The van der Waals surface area contributed by atoms with E-state index >= 15 is 0 Å². The number of methoxy groups -OCH3 is 2. The van der Waals surface area contributed by atoms with E-state index in [-0.39, 0.29) is 0 Å². The van der Waals surface area contributed by atoms with Gasteiger partial charge in [0.25, 0.3) is 5.95 Å². The fourth-order valence-corrected chi connectivity index (χ4v) is 3.52. The standard InChI is InChI=1S/C19H15Cl2N5O2/c1-10-6-12-8-16(27-2)17(28-3)9-13(12)18(26(10)19-22-24-25-23-19)11-4-5-14(20)15(21)7-11/h4-9H,1-3H3. The molecule has 0 atom stereocenters. The van der Waals surface area contributed by atoms with E-state index in [1.54, 1.807) is 26.4 Å². The first kappa shape index (κ1) is 18.5. The summed E-state index contributed by atoms with van der Waals surface area (Å²) in [4.78, 5) is 0. The molecule has 0 spiro atoms. The highest BCUT2D eigenvalue weighted by molar-refractivity contribution is 6.42. The Kier molecular flexibility index (Phi) is 4.78. The summed E-state index contributed by atoms with van der Waals surface area (Å²) < 4.78 is 12.8. The maximum atomic E-state index is 6.30. The van der Waals surface area contributed by atoms with Crippen molar-refractivity contribution >= 4 is 34.0 Å². The molecule has 0 amide bonds.